The van der Waals surface area contributed by atoms with E-state index in [-0.39, 0.29) is 5.63 Å². The van der Waals surface area contributed by atoms with Crippen LogP contribution in [0.5, 0.6) is 5.75 Å². The molecular formula is C17H16ClNO3. The van der Waals surface area contributed by atoms with Crippen LogP contribution in [0.25, 0.3) is 11.0 Å². The van der Waals surface area contributed by atoms with E-state index in [1.54, 1.807) is 0 Å². The maximum Gasteiger partial charge on any atom is 0.339 e. The van der Waals surface area contributed by atoms with Crippen molar-refractivity contribution in [2.45, 2.75) is 25.8 Å². The Kier molecular flexibility index (Phi) is 3.24. The lowest BCUT2D eigenvalue weighted by molar-refractivity contribution is 0.107. The first-order chi connectivity index (χ1) is 10.7. The van der Waals surface area contributed by atoms with E-state index in [4.69, 9.17) is 20.8 Å². The zero-order valence-electron chi connectivity index (χ0n) is 12.2. The lowest BCUT2D eigenvalue weighted by atomic mass is 10.0. The maximum atomic E-state index is 12.2. The van der Waals surface area contributed by atoms with Crippen molar-refractivity contribution in [3.8, 4) is 5.75 Å². The highest BCUT2D eigenvalue weighted by molar-refractivity contribution is 6.33. The van der Waals surface area contributed by atoms with E-state index in [2.05, 4.69) is 11.5 Å². The third-order valence-electron chi connectivity index (χ3n) is 4.43. The Morgan fingerprint density at radius 1 is 1.32 bits per heavy atom. The average Bonchev–Trinajstić information content (AvgIpc) is 3.00. The first-order valence-corrected chi connectivity index (χ1v) is 7.83. The molecule has 0 unspecified atom stereocenters. The van der Waals surface area contributed by atoms with Gasteiger partial charge in [0.05, 0.1) is 10.6 Å². The molecule has 114 valence electrons. The molecule has 4 rings (SSSR count). The topological polar surface area (TPSA) is 42.7 Å². The van der Waals surface area contributed by atoms with Crippen LogP contribution < -0.4 is 10.4 Å². The predicted octanol–water partition coefficient (Wildman–Crippen LogP) is 3.27. The zero-order chi connectivity index (χ0) is 15.3. The highest BCUT2D eigenvalue weighted by Crippen LogP contribution is 2.40. The highest BCUT2D eigenvalue weighted by atomic mass is 35.5. The average molecular weight is 318 g/mol. The van der Waals surface area contributed by atoms with Crippen molar-refractivity contribution < 1.29 is 9.15 Å². The number of nitrogens with zero attached hydrogens (tertiary/aromatic N) is 1. The number of fused-ring (bicyclic) bond motifs is 5. The summed E-state index contributed by atoms with van der Waals surface area (Å²) < 4.78 is 11.4. The van der Waals surface area contributed by atoms with E-state index < -0.39 is 0 Å². The van der Waals surface area contributed by atoms with Gasteiger partial charge in [0.15, 0.2) is 0 Å². The molecular weight excluding hydrogens is 302 g/mol. The minimum Gasteiger partial charge on any atom is -0.476 e. The molecule has 1 aromatic carbocycles. The largest absolute Gasteiger partial charge is 0.476 e. The number of hydrogen-bond acceptors (Lipinski definition) is 4. The third kappa shape index (κ3) is 1.98. The van der Waals surface area contributed by atoms with Crippen molar-refractivity contribution in [2.24, 2.45) is 0 Å². The molecule has 0 fully saturated rings. The van der Waals surface area contributed by atoms with E-state index in [1.807, 2.05) is 12.1 Å². The fourth-order valence-electron chi connectivity index (χ4n) is 3.45. The summed E-state index contributed by atoms with van der Waals surface area (Å²) in [4.78, 5) is 14.3. The van der Waals surface area contributed by atoms with E-state index in [9.17, 15) is 4.79 Å². The summed E-state index contributed by atoms with van der Waals surface area (Å²) in [5.74, 6) is 0.635. The van der Waals surface area contributed by atoms with Crippen LogP contribution >= 0.6 is 11.6 Å². The molecule has 0 atom stereocenters. The Bertz CT molecular complexity index is 840. The molecule has 0 spiro atoms. The molecule has 0 saturated carbocycles. The second-order valence-corrected chi connectivity index (χ2v) is 6.22. The number of benzene rings is 1. The molecule has 22 heavy (non-hydrogen) atoms. The molecule has 0 bridgehead atoms. The molecule has 5 heteroatoms. The van der Waals surface area contributed by atoms with Gasteiger partial charge in [-0.2, -0.15) is 0 Å². The number of hydrogen-bond donors (Lipinski definition) is 0. The van der Waals surface area contributed by atoms with Gasteiger partial charge in [0.2, 0.25) is 0 Å². The first kappa shape index (κ1) is 13.9. The van der Waals surface area contributed by atoms with Gasteiger partial charge in [0.25, 0.3) is 0 Å². The summed E-state index contributed by atoms with van der Waals surface area (Å²) in [6, 6.07) is 1.88. The molecule has 0 amide bonds. The Hall–Kier alpha value is -1.78. The molecule has 0 N–H and O–H groups in total. The lowest BCUT2D eigenvalue weighted by Gasteiger charge is -2.29. The predicted molar refractivity (Wildman–Crippen MR) is 85.6 cm³/mol. The summed E-state index contributed by atoms with van der Waals surface area (Å²) in [7, 11) is 0. The molecule has 2 aliphatic rings. The van der Waals surface area contributed by atoms with Crippen molar-refractivity contribution in [2.75, 3.05) is 13.3 Å². The maximum absolute atomic E-state index is 12.2. The van der Waals surface area contributed by atoms with Gasteiger partial charge in [-0.3, -0.25) is 4.90 Å². The van der Waals surface area contributed by atoms with Gasteiger partial charge in [-0.25, -0.2) is 4.79 Å². The van der Waals surface area contributed by atoms with Crippen molar-refractivity contribution >= 4 is 22.6 Å². The van der Waals surface area contributed by atoms with Crippen molar-refractivity contribution in [1.29, 1.82) is 0 Å². The summed E-state index contributed by atoms with van der Waals surface area (Å²) >= 11 is 6.40. The van der Waals surface area contributed by atoms with Crippen LogP contribution in [0.2, 0.25) is 5.02 Å². The van der Waals surface area contributed by atoms with Crippen LogP contribution in [-0.2, 0) is 19.4 Å². The summed E-state index contributed by atoms with van der Waals surface area (Å²) in [6.45, 7) is 5.56. The summed E-state index contributed by atoms with van der Waals surface area (Å²) in [5.41, 5.74) is 3.17. The molecule has 2 aromatic rings. The van der Waals surface area contributed by atoms with Crippen molar-refractivity contribution in [3.63, 3.8) is 0 Å². The Morgan fingerprint density at radius 3 is 2.95 bits per heavy atom. The highest BCUT2D eigenvalue weighted by Gasteiger charge is 2.27. The van der Waals surface area contributed by atoms with Crippen LogP contribution in [0, 0.1) is 0 Å². The minimum absolute atomic E-state index is 0.217. The van der Waals surface area contributed by atoms with Crippen LogP contribution in [0.15, 0.2) is 27.9 Å². The first-order valence-electron chi connectivity index (χ1n) is 7.45. The van der Waals surface area contributed by atoms with E-state index in [0.717, 1.165) is 41.3 Å². The second kappa shape index (κ2) is 5.14. The minimum atomic E-state index is -0.217. The van der Waals surface area contributed by atoms with Crippen LogP contribution in [-0.4, -0.2) is 18.2 Å². The lowest BCUT2D eigenvalue weighted by Crippen LogP contribution is -2.32. The fourth-order valence-corrected chi connectivity index (χ4v) is 3.73. The summed E-state index contributed by atoms with van der Waals surface area (Å²) in [5, 5.41) is 1.55. The Balaban J connectivity index is 1.99. The molecule has 1 aliphatic heterocycles. The standard InChI is InChI=1S/C17H16ClNO3/c1-2-6-19-8-13-15-12(7-14(18)16(13)21-9-19)10-4-3-5-11(10)17(20)22-15/h2,7H,1,3-6,8-9H2. The number of ether oxygens (including phenoxy) is 1. The second-order valence-electron chi connectivity index (χ2n) is 5.82. The van der Waals surface area contributed by atoms with E-state index in [1.165, 1.54) is 0 Å². The third-order valence-corrected chi connectivity index (χ3v) is 4.71. The van der Waals surface area contributed by atoms with E-state index in [0.29, 0.717) is 36.2 Å². The van der Waals surface area contributed by atoms with Crippen LogP contribution in [0.1, 0.15) is 23.1 Å². The quantitative estimate of drug-likeness (QED) is 0.630. The smallest absolute Gasteiger partial charge is 0.339 e. The Morgan fingerprint density at radius 2 is 2.14 bits per heavy atom. The van der Waals surface area contributed by atoms with Gasteiger partial charge < -0.3 is 9.15 Å². The van der Waals surface area contributed by atoms with Gasteiger partial charge in [-0.05, 0) is 30.9 Å². The number of halogens is 1. The number of aryl methyl sites for hydroxylation is 1. The Labute approximate surface area is 132 Å². The number of rotatable bonds is 2. The van der Waals surface area contributed by atoms with E-state index >= 15 is 0 Å². The molecule has 1 aliphatic carbocycles. The normalized spacial score (nSPS) is 17.1. The van der Waals surface area contributed by atoms with Crippen molar-refractivity contribution in [1.82, 2.24) is 4.90 Å². The van der Waals surface area contributed by atoms with Gasteiger partial charge in [0, 0.05) is 24.0 Å². The van der Waals surface area contributed by atoms with Crippen LogP contribution in [0.3, 0.4) is 0 Å². The molecule has 0 radical (unpaired) electrons. The van der Waals surface area contributed by atoms with Gasteiger partial charge in [-0.15, -0.1) is 6.58 Å². The SMILES string of the molecule is C=CCN1COc2c(Cl)cc3c4c(c(=O)oc3c2C1)CCC4. The van der Waals surface area contributed by atoms with Gasteiger partial charge in [-0.1, -0.05) is 17.7 Å². The molecule has 0 saturated heterocycles. The van der Waals surface area contributed by atoms with Gasteiger partial charge in [0.1, 0.15) is 18.1 Å². The summed E-state index contributed by atoms with van der Waals surface area (Å²) in [6.07, 6.45) is 4.52. The molecule has 4 nitrogen and oxygen atoms in total. The van der Waals surface area contributed by atoms with Gasteiger partial charge >= 0.3 is 5.63 Å². The fraction of sp³-hybridized carbons (Fsp3) is 0.353. The monoisotopic (exact) mass is 317 g/mol. The zero-order valence-corrected chi connectivity index (χ0v) is 12.9. The molecule has 2 heterocycles. The van der Waals surface area contributed by atoms with Crippen LogP contribution in [0.4, 0.5) is 0 Å². The molecule has 1 aromatic heterocycles. The van der Waals surface area contributed by atoms with Crippen molar-refractivity contribution in [3.05, 3.63) is 50.9 Å².